The fourth-order valence-corrected chi connectivity index (χ4v) is 2.01. The van der Waals surface area contributed by atoms with E-state index >= 15 is 0 Å². The Hall–Kier alpha value is -2.01. The van der Waals surface area contributed by atoms with Gasteiger partial charge in [0.05, 0.1) is 18.5 Å². The van der Waals surface area contributed by atoms with Crippen LogP contribution in [0.4, 0.5) is 0 Å². The third kappa shape index (κ3) is 2.04. The van der Waals surface area contributed by atoms with Gasteiger partial charge in [0.1, 0.15) is 16.5 Å². The molecule has 0 spiro atoms. The molecule has 1 aromatic carbocycles. The zero-order valence-electron chi connectivity index (χ0n) is 9.85. The van der Waals surface area contributed by atoms with Gasteiger partial charge >= 0.3 is 5.97 Å². The van der Waals surface area contributed by atoms with Gasteiger partial charge in [0, 0.05) is 6.07 Å². The molecular formula is C12H11ClN2O3. The van der Waals surface area contributed by atoms with Gasteiger partial charge in [-0.05, 0) is 19.1 Å². The second-order valence-electron chi connectivity index (χ2n) is 3.67. The van der Waals surface area contributed by atoms with E-state index in [0.717, 1.165) is 0 Å². The van der Waals surface area contributed by atoms with Crippen molar-refractivity contribution in [1.29, 1.82) is 0 Å². The average Bonchev–Trinajstić information content (AvgIpc) is 2.65. The van der Waals surface area contributed by atoms with E-state index < -0.39 is 5.97 Å². The summed E-state index contributed by atoms with van der Waals surface area (Å²) in [5, 5.41) is 13.2. The maximum Gasteiger partial charge on any atom is 0.340 e. The number of hydrogen-bond donors (Lipinski definition) is 1. The molecular weight excluding hydrogens is 256 g/mol. The predicted octanol–water partition coefficient (Wildman–Crippen LogP) is 2.54. The first-order chi connectivity index (χ1) is 8.54. The van der Waals surface area contributed by atoms with E-state index in [1.807, 2.05) is 0 Å². The molecule has 2 aromatic rings. The Labute approximate surface area is 109 Å². The first kappa shape index (κ1) is 12.4. The normalized spacial score (nSPS) is 10.4. The lowest BCUT2D eigenvalue weighted by molar-refractivity contribution is 0.0696. The lowest BCUT2D eigenvalue weighted by atomic mass is 10.2. The van der Waals surface area contributed by atoms with Crippen molar-refractivity contribution in [1.82, 2.24) is 9.78 Å². The molecule has 0 unspecified atom stereocenters. The van der Waals surface area contributed by atoms with Crippen LogP contribution in [0.2, 0.25) is 5.15 Å². The van der Waals surface area contributed by atoms with Crippen molar-refractivity contribution in [2.75, 3.05) is 7.11 Å². The number of benzene rings is 1. The van der Waals surface area contributed by atoms with E-state index in [0.29, 0.717) is 17.1 Å². The molecule has 6 heteroatoms. The van der Waals surface area contributed by atoms with Gasteiger partial charge in [-0.15, -0.1) is 0 Å². The van der Waals surface area contributed by atoms with E-state index in [1.54, 1.807) is 38.3 Å². The first-order valence-electron chi connectivity index (χ1n) is 5.17. The molecule has 0 radical (unpaired) electrons. The minimum atomic E-state index is -1.09. The number of hydrogen-bond acceptors (Lipinski definition) is 3. The molecule has 0 saturated heterocycles. The third-order valence-corrected chi connectivity index (χ3v) is 2.86. The summed E-state index contributed by atoms with van der Waals surface area (Å²) in [5.41, 5.74) is 1.03. The first-order valence-corrected chi connectivity index (χ1v) is 5.55. The van der Waals surface area contributed by atoms with Gasteiger partial charge in [-0.25, -0.2) is 9.48 Å². The summed E-state index contributed by atoms with van der Waals surface area (Å²) in [7, 11) is 1.55. The summed E-state index contributed by atoms with van der Waals surface area (Å²) in [4.78, 5) is 11.0. The fraction of sp³-hybridized carbons (Fsp3) is 0.167. The molecule has 0 fully saturated rings. The number of rotatable bonds is 3. The molecule has 0 atom stereocenters. The number of nitrogens with zero attached hydrogens (tertiary/aromatic N) is 2. The van der Waals surface area contributed by atoms with Crippen molar-refractivity contribution in [3.05, 3.63) is 40.7 Å². The van der Waals surface area contributed by atoms with E-state index in [2.05, 4.69) is 5.10 Å². The molecule has 0 aliphatic heterocycles. The van der Waals surface area contributed by atoms with E-state index in [-0.39, 0.29) is 10.7 Å². The van der Waals surface area contributed by atoms with Crippen LogP contribution in [-0.4, -0.2) is 28.0 Å². The molecule has 0 aliphatic carbocycles. The molecule has 0 bridgehead atoms. The summed E-state index contributed by atoms with van der Waals surface area (Å²) in [6, 6.07) is 7.06. The highest BCUT2D eigenvalue weighted by Crippen LogP contribution is 2.25. The zero-order valence-corrected chi connectivity index (χ0v) is 10.6. The largest absolute Gasteiger partial charge is 0.497 e. The highest BCUT2D eigenvalue weighted by atomic mass is 35.5. The molecule has 0 amide bonds. The molecule has 1 N–H and O–H groups in total. The summed E-state index contributed by atoms with van der Waals surface area (Å²) >= 11 is 6.03. The highest BCUT2D eigenvalue weighted by molar-refractivity contribution is 6.32. The van der Waals surface area contributed by atoms with Crippen LogP contribution >= 0.6 is 11.6 Å². The Kier molecular flexibility index (Phi) is 3.25. The molecule has 94 valence electrons. The van der Waals surface area contributed by atoms with Crippen LogP contribution in [-0.2, 0) is 0 Å². The van der Waals surface area contributed by atoms with Crippen molar-refractivity contribution >= 4 is 17.6 Å². The number of halogens is 1. The van der Waals surface area contributed by atoms with Gasteiger partial charge in [-0.1, -0.05) is 17.7 Å². The van der Waals surface area contributed by atoms with Gasteiger partial charge in [0.15, 0.2) is 0 Å². The standard InChI is InChI=1S/C12H11ClN2O3/c1-7-10(12(16)17)11(13)15(14-7)8-4-3-5-9(6-8)18-2/h3-6H,1-2H3,(H,16,17). The SMILES string of the molecule is COc1cccc(-n2nc(C)c(C(=O)O)c2Cl)c1. The topological polar surface area (TPSA) is 64.4 Å². The van der Waals surface area contributed by atoms with Gasteiger partial charge in [0.2, 0.25) is 0 Å². The summed E-state index contributed by atoms with van der Waals surface area (Å²) in [5.74, 6) is -0.444. The van der Waals surface area contributed by atoms with Gasteiger partial charge in [-0.2, -0.15) is 5.10 Å². The van der Waals surface area contributed by atoms with Crippen LogP contribution < -0.4 is 4.74 Å². The predicted molar refractivity (Wildman–Crippen MR) is 66.8 cm³/mol. The van der Waals surface area contributed by atoms with Crippen LogP contribution in [0.5, 0.6) is 5.75 Å². The number of aromatic nitrogens is 2. The minimum Gasteiger partial charge on any atom is -0.497 e. The van der Waals surface area contributed by atoms with Crippen molar-refractivity contribution in [3.63, 3.8) is 0 Å². The van der Waals surface area contributed by atoms with Crippen LogP contribution in [0.3, 0.4) is 0 Å². The molecule has 18 heavy (non-hydrogen) atoms. The lowest BCUT2D eigenvalue weighted by Gasteiger charge is -2.05. The Bertz CT molecular complexity index is 607. The lowest BCUT2D eigenvalue weighted by Crippen LogP contribution is -1.99. The summed E-state index contributed by atoms with van der Waals surface area (Å²) in [6.07, 6.45) is 0. The van der Waals surface area contributed by atoms with Crippen LogP contribution in [0.25, 0.3) is 5.69 Å². The van der Waals surface area contributed by atoms with Gasteiger partial charge < -0.3 is 9.84 Å². The van der Waals surface area contributed by atoms with Crippen LogP contribution in [0, 0.1) is 6.92 Å². The average molecular weight is 267 g/mol. The highest BCUT2D eigenvalue weighted by Gasteiger charge is 2.20. The number of carboxylic acid groups (broad SMARTS) is 1. The molecule has 5 nitrogen and oxygen atoms in total. The minimum absolute atomic E-state index is 0.0134. The van der Waals surface area contributed by atoms with Crippen molar-refractivity contribution in [2.24, 2.45) is 0 Å². The zero-order chi connectivity index (χ0) is 13.3. The number of methoxy groups -OCH3 is 1. The maximum absolute atomic E-state index is 11.0. The number of carboxylic acids is 1. The van der Waals surface area contributed by atoms with E-state index in [4.69, 9.17) is 21.4 Å². The molecule has 1 heterocycles. The summed E-state index contributed by atoms with van der Waals surface area (Å²) < 4.78 is 6.48. The van der Waals surface area contributed by atoms with E-state index in [9.17, 15) is 4.79 Å². The van der Waals surface area contributed by atoms with Crippen molar-refractivity contribution < 1.29 is 14.6 Å². The van der Waals surface area contributed by atoms with E-state index in [1.165, 1.54) is 4.68 Å². The van der Waals surface area contributed by atoms with Crippen LogP contribution in [0.1, 0.15) is 16.1 Å². The molecule has 2 rings (SSSR count). The molecule has 0 aliphatic rings. The number of ether oxygens (including phenoxy) is 1. The monoisotopic (exact) mass is 266 g/mol. The number of carbonyl (C=O) groups is 1. The van der Waals surface area contributed by atoms with Gasteiger partial charge in [0.25, 0.3) is 0 Å². The van der Waals surface area contributed by atoms with Crippen LogP contribution in [0.15, 0.2) is 24.3 Å². The Morgan fingerprint density at radius 3 is 2.78 bits per heavy atom. The smallest absolute Gasteiger partial charge is 0.340 e. The van der Waals surface area contributed by atoms with Gasteiger partial charge in [-0.3, -0.25) is 0 Å². The summed E-state index contributed by atoms with van der Waals surface area (Å²) in [6.45, 7) is 1.60. The quantitative estimate of drug-likeness (QED) is 0.927. The molecule has 0 saturated carbocycles. The number of aromatic carboxylic acids is 1. The number of aryl methyl sites for hydroxylation is 1. The Morgan fingerprint density at radius 2 is 2.22 bits per heavy atom. The Morgan fingerprint density at radius 1 is 1.50 bits per heavy atom. The maximum atomic E-state index is 11.0. The second-order valence-corrected chi connectivity index (χ2v) is 4.03. The Balaban J connectivity index is 2.57. The van der Waals surface area contributed by atoms with Crippen molar-refractivity contribution in [3.8, 4) is 11.4 Å². The fourth-order valence-electron chi connectivity index (χ4n) is 1.66. The van der Waals surface area contributed by atoms with Crippen molar-refractivity contribution in [2.45, 2.75) is 6.92 Å². The molecule has 1 aromatic heterocycles. The third-order valence-electron chi connectivity index (χ3n) is 2.52. The second kappa shape index (κ2) is 4.70.